The normalized spacial score (nSPS) is 27.8. The lowest BCUT2D eigenvalue weighted by Gasteiger charge is -2.51. The molecule has 2 aliphatic rings. The average Bonchev–Trinajstić information content (AvgIpc) is 2.88. The van der Waals surface area contributed by atoms with Crippen LogP contribution in [0.25, 0.3) is 0 Å². The fraction of sp³-hybridized carbons (Fsp3) is 0.737. The fourth-order valence-corrected chi connectivity index (χ4v) is 4.16. The van der Waals surface area contributed by atoms with Crippen LogP contribution in [-0.2, 0) is 19.1 Å². The molecule has 2 rings (SSSR count). The van der Waals surface area contributed by atoms with Crippen molar-refractivity contribution in [1.82, 2.24) is 5.32 Å². The predicted molar refractivity (Wildman–Crippen MR) is 94.1 cm³/mol. The van der Waals surface area contributed by atoms with E-state index in [4.69, 9.17) is 9.47 Å². The van der Waals surface area contributed by atoms with Crippen LogP contribution in [0, 0.1) is 23.2 Å². The Hall–Kier alpha value is -2.05. The SMILES string of the molecule is CCC1=C[C@@H]2[C@H](C1)C[C@]2(CNC(=O)O[C@H](OC(C)=O)C(C)C)CC(=O)O. The molecule has 146 valence electrons. The summed E-state index contributed by atoms with van der Waals surface area (Å²) in [5, 5.41) is 12.0. The molecule has 1 amide bonds. The number of amides is 1. The van der Waals surface area contributed by atoms with Crippen molar-refractivity contribution < 1.29 is 29.0 Å². The molecule has 0 aromatic rings. The largest absolute Gasteiger partial charge is 0.481 e. The van der Waals surface area contributed by atoms with Gasteiger partial charge in [-0.25, -0.2) is 4.79 Å². The highest BCUT2D eigenvalue weighted by atomic mass is 16.7. The Balaban J connectivity index is 1.97. The monoisotopic (exact) mass is 367 g/mol. The standard InChI is InChI=1S/C19H29NO6/c1-5-13-6-14-8-19(9-16(22)23,15(14)7-13)10-20-18(24)26-17(11(2)3)25-12(4)21/h7,11,14-15,17H,5-6,8-10H2,1-4H3,(H,20,24)(H,22,23)/t14-,15-,17+,19-/m1/s1. The van der Waals surface area contributed by atoms with Crippen molar-refractivity contribution >= 4 is 18.0 Å². The summed E-state index contributed by atoms with van der Waals surface area (Å²) in [4.78, 5) is 34.6. The number of hydrogen-bond acceptors (Lipinski definition) is 5. The van der Waals surface area contributed by atoms with Gasteiger partial charge in [-0.1, -0.05) is 32.4 Å². The number of carboxylic acid groups (broad SMARTS) is 1. The Morgan fingerprint density at radius 2 is 2.04 bits per heavy atom. The first-order valence-electron chi connectivity index (χ1n) is 9.20. The van der Waals surface area contributed by atoms with Crippen molar-refractivity contribution in [3.63, 3.8) is 0 Å². The second-order valence-electron chi connectivity index (χ2n) is 7.79. The van der Waals surface area contributed by atoms with Gasteiger partial charge >= 0.3 is 18.0 Å². The molecule has 0 bridgehead atoms. The van der Waals surface area contributed by atoms with E-state index in [1.807, 2.05) is 0 Å². The zero-order valence-corrected chi connectivity index (χ0v) is 15.9. The third-order valence-corrected chi connectivity index (χ3v) is 5.42. The third kappa shape index (κ3) is 4.56. The Morgan fingerprint density at radius 1 is 1.35 bits per heavy atom. The van der Waals surface area contributed by atoms with E-state index in [-0.39, 0.29) is 24.8 Å². The first-order chi connectivity index (χ1) is 12.2. The van der Waals surface area contributed by atoms with Crippen molar-refractivity contribution in [2.45, 2.75) is 59.7 Å². The van der Waals surface area contributed by atoms with Gasteiger partial charge < -0.3 is 19.9 Å². The van der Waals surface area contributed by atoms with Gasteiger partial charge in [0.2, 0.25) is 0 Å². The first kappa shape index (κ1) is 20.3. The van der Waals surface area contributed by atoms with Gasteiger partial charge in [0, 0.05) is 24.8 Å². The van der Waals surface area contributed by atoms with Crippen molar-refractivity contribution in [1.29, 1.82) is 0 Å². The van der Waals surface area contributed by atoms with Crippen molar-refractivity contribution in [2.24, 2.45) is 23.2 Å². The molecule has 0 saturated heterocycles. The lowest BCUT2D eigenvalue weighted by atomic mass is 9.53. The van der Waals surface area contributed by atoms with E-state index in [1.165, 1.54) is 12.5 Å². The topological polar surface area (TPSA) is 102 Å². The van der Waals surface area contributed by atoms with Crippen molar-refractivity contribution in [2.75, 3.05) is 6.54 Å². The summed E-state index contributed by atoms with van der Waals surface area (Å²) in [6.07, 6.45) is 3.33. The van der Waals surface area contributed by atoms with E-state index in [9.17, 15) is 19.5 Å². The quantitative estimate of drug-likeness (QED) is 0.388. The molecule has 0 heterocycles. The maximum absolute atomic E-state index is 12.1. The second-order valence-corrected chi connectivity index (χ2v) is 7.79. The number of aliphatic carboxylic acids is 1. The van der Waals surface area contributed by atoms with Gasteiger partial charge in [0.15, 0.2) is 0 Å². The number of hydrogen-bond donors (Lipinski definition) is 2. The average molecular weight is 367 g/mol. The lowest BCUT2D eigenvalue weighted by Crippen LogP contribution is -2.53. The molecule has 2 aliphatic carbocycles. The molecule has 0 unspecified atom stereocenters. The number of esters is 1. The number of carbonyl (C=O) groups is 3. The van der Waals surface area contributed by atoms with Crippen molar-refractivity contribution in [3.8, 4) is 0 Å². The number of carbonyl (C=O) groups excluding carboxylic acids is 2. The summed E-state index contributed by atoms with van der Waals surface area (Å²) in [7, 11) is 0. The summed E-state index contributed by atoms with van der Waals surface area (Å²) in [6, 6.07) is 0. The van der Waals surface area contributed by atoms with Crippen LogP contribution in [0.5, 0.6) is 0 Å². The van der Waals surface area contributed by atoms with Gasteiger partial charge in [-0.15, -0.1) is 0 Å². The summed E-state index contributed by atoms with van der Waals surface area (Å²) >= 11 is 0. The Bertz CT molecular complexity index is 599. The van der Waals surface area contributed by atoms with Gasteiger partial charge in [0.25, 0.3) is 6.29 Å². The number of rotatable bonds is 8. The molecule has 0 aromatic heterocycles. The van der Waals surface area contributed by atoms with Gasteiger partial charge in [-0.3, -0.25) is 9.59 Å². The fourth-order valence-electron chi connectivity index (χ4n) is 4.16. The minimum absolute atomic E-state index is 0.0134. The van der Waals surface area contributed by atoms with Crippen LogP contribution < -0.4 is 5.32 Å². The number of carboxylic acids is 1. The van der Waals surface area contributed by atoms with Crippen LogP contribution in [0.4, 0.5) is 4.79 Å². The van der Waals surface area contributed by atoms with E-state index in [0.717, 1.165) is 19.3 Å². The van der Waals surface area contributed by atoms with Gasteiger partial charge in [-0.05, 0) is 31.1 Å². The minimum atomic E-state index is -0.963. The summed E-state index contributed by atoms with van der Waals surface area (Å²) in [5.74, 6) is -0.911. The van der Waals surface area contributed by atoms with E-state index in [1.54, 1.807) is 13.8 Å². The van der Waals surface area contributed by atoms with E-state index in [2.05, 4.69) is 18.3 Å². The maximum atomic E-state index is 12.1. The Labute approximate surface area is 154 Å². The molecular weight excluding hydrogens is 338 g/mol. The number of ether oxygens (including phenoxy) is 2. The molecular formula is C19H29NO6. The van der Waals surface area contributed by atoms with E-state index >= 15 is 0 Å². The molecule has 0 aromatic carbocycles. The second kappa shape index (κ2) is 8.10. The van der Waals surface area contributed by atoms with Gasteiger partial charge in [0.05, 0.1) is 6.42 Å². The molecule has 0 spiro atoms. The maximum Gasteiger partial charge on any atom is 0.410 e. The number of fused-ring (bicyclic) bond motifs is 1. The molecule has 1 fully saturated rings. The molecule has 7 heteroatoms. The highest BCUT2D eigenvalue weighted by Gasteiger charge is 2.55. The van der Waals surface area contributed by atoms with Crippen LogP contribution in [0.3, 0.4) is 0 Å². The lowest BCUT2D eigenvalue weighted by molar-refractivity contribution is -0.172. The number of alkyl carbamates (subject to hydrolysis) is 1. The molecule has 26 heavy (non-hydrogen) atoms. The van der Waals surface area contributed by atoms with Crippen LogP contribution in [0.15, 0.2) is 11.6 Å². The first-order valence-corrected chi connectivity index (χ1v) is 9.20. The molecule has 4 atom stereocenters. The van der Waals surface area contributed by atoms with Gasteiger partial charge in [-0.2, -0.15) is 0 Å². The summed E-state index contributed by atoms with van der Waals surface area (Å²) in [5.41, 5.74) is 0.894. The number of nitrogens with one attached hydrogen (secondary N) is 1. The third-order valence-electron chi connectivity index (χ3n) is 5.42. The smallest absolute Gasteiger partial charge is 0.410 e. The summed E-state index contributed by atoms with van der Waals surface area (Å²) in [6.45, 7) is 7.15. The predicted octanol–water partition coefficient (Wildman–Crippen LogP) is 3.10. The van der Waals surface area contributed by atoms with E-state index < -0.39 is 29.7 Å². The molecule has 0 aliphatic heterocycles. The van der Waals surface area contributed by atoms with E-state index in [0.29, 0.717) is 5.92 Å². The Morgan fingerprint density at radius 3 is 2.58 bits per heavy atom. The molecule has 2 N–H and O–H groups in total. The number of allylic oxidation sites excluding steroid dienone is 2. The Kier molecular flexibility index (Phi) is 6.31. The highest BCUT2D eigenvalue weighted by Crippen LogP contribution is 2.59. The zero-order valence-electron chi connectivity index (χ0n) is 15.9. The van der Waals surface area contributed by atoms with Crippen molar-refractivity contribution in [3.05, 3.63) is 11.6 Å². The summed E-state index contributed by atoms with van der Waals surface area (Å²) < 4.78 is 10.2. The highest BCUT2D eigenvalue weighted by molar-refractivity contribution is 5.70. The van der Waals surface area contributed by atoms with Crippen LogP contribution in [0.1, 0.15) is 53.4 Å². The molecule has 1 saturated carbocycles. The van der Waals surface area contributed by atoms with Crippen LogP contribution >= 0.6 is 0 Å². The molecule has 0 radical (unpaired) electrons. The van der Waals surface area contributed by atoms with Crippen LogP contribution in [0.2, 0.25) is 0 Å². The van der Waals surface area contributed by atoms with Crippen LogP contribution in [-0.4, -0.2) is 36.0 Å². The zero-order chi connectivity index (χ0) is 19.5. The minimum Gasteiger partial charge on any atom is -0.481 e. The van der Waals surface area contributed by atoms with Gasteiger partial charge in [0.1, 0.15) is 0 Å². The molecule has 7 nitrogen and oxygen atoms in total.